The molecule has 1 saturated heterocycles. The summed E-state index contributed by atoms with van der Waals surface area (Å²) in [4.78, 5) is 14.8. The lowest BCUT2D eigenvalue weighted by Gasteiger charge is -2.42. The Morgan fingerprint density at radius 3 is 2.33 bits per heavy atom. The van der Waals surface area contributed by atoms with Gasteiger partial charge in [-0.15, -0.1) is 6.58 Å². The summed E-state index contributed by atoms with van der Waals surface area (Å²) in [6.07, 6.45) is 1.12. The second-order valence-electron chi connectivity index (χ2n) is 11.2. The summed E-state index contributed by atoms with van der Waals surface area (Å²) in [6.45, 7) is 8.02. The van der Waals surface area contributed by atoms with Gasteiger partial charge >= 0.3 is 0 Å². The molecule has 0 aromatic heterocycles. The van der Waals surface area contributed by atoms with E-state index in [9.17, 15) is 9.90 Å². The van der Waals surface area contributed by atoms with Crippen LogP contribution in [0.2, 0.25) is 0 Å². The largest absolute Gasteiger partial charge is 0.392 e. The van der Waals surface area contributed by atoms with Crippen molar-refractivity contribution in [2.75, 3.05) is 20.1 Å². The zero-order valence-corrected chi connectivity index (χ0v) is 24.9. The van der Waals surface area contributed by atoms with Crippen molar-refractivity contribution in [2.24, 2.45) is 5.92 Å². The first kappa shape index (κ1) is 30.4. The fraction of sp³-hybridized carbons (Fsp3) is 0.270. The molecule has 4 aromatic rings. The number of carbonyl (C=O) groups is 1. The predicted octanol–water partition coefficient (Wildman–Crippen LogP) is 6.69. The first-order valence-electron chi connectivity index (χ1n) is 14.8. The number of benzene rings is 4. The maximum atomic E-state index is 12.5. The molecule has 1 amide bonds. The van der Waals surface area contributed by atoms with Crippen LogP contribution in [-0.4, -0.2) is 42.2 Å². The average Bonchev–Trinajstić information content (AvgIpc) is 3.05. The van der Waals surface area contributed by atoms with Gasteiger partial charge in [0.15, 0.2) is 6.29 Å². The third-order valence-electron chi connectivity index (χ3n) is 7.96. The monoisotopic (exact) mass is 576 g/mol. The van der Waals surface area contributed by atoms with Crippen LogP contribution in [0.5, 0.6) is 0 Å². The molecule has 0 spiro atoms. The maximum Gasteiger partial charge on any atom is 0.251 e. The zero-order chi connectivity index (χ0) is 30.2. The van der Waals surface area contributed by atoms with E-state index >= 15 is 0 Å². The van der Waals surface area contributed by atoms with Crippen molar-refractivity contribution < 1.29 is 19.4 Å². The van der Waals surface area contributed by atoms with Crippen LogP contribution in [0.3, 0.4) is 0 Å². The SMILES string of the molecule is C=CCN(C)C[C@@H]1O[C@H](c2cccc(-c3cccc(CNC(=O)c4ccccc4)c3)c2)O[C@H](c2ccc(CO)cc2)[C@@H]1C. The van der Waals surface area contributed by atoms with Crippen molar-refractivity contribution in [2.45, 2.75) is 38.6 Å². The van der Waals surface area contributed by atoms with Crippen LogP contribution in [0.4, 0.5) is 0 Å². The van der Waals surface area contributed by atoms with Gasteiger partial charge in [0, 0.05) is 36.7 Å². The van der Waals surface area contributed by atoms with Gasteiger partial charge in [-0.2, -0.15) is 0 Å². The molecule has 222 valence electrons. The maximum absolute atomic E-state index is 12.5. The first-order chi connectivity index (χ1) is 20.9. The number of aliphatic hydroxyl groups is 1. The second kappa shape index (κ2) is 14.4. The normalized spacial score (nSPS) is 20.1. The topological polar surface area (TPSA) is 71.0 Å². The molecule has 2 N–H and O–H groups in total. The fourth-order valence-electron chi connectivity index (χ4n) is 5.53. The number of amides is 1. The molecule has 6 heteroatoms. The molecule has 43 heavy (non-hydrogen) atoms. The van der Waals surface area contributed by atoms with Gasteiger partial charge in [0.25, 0.3) is 5.91 Å². The van der Waals surface area contributed by atoms with Gasteiger partial charge in [-0.05, 0) is 59.1 Å². The highest BCUT2D eigenvalue weighted by atomic mass is 16.7. The second-order valence-corrected chi connectivity index (χ2v) is 11.2. The van der Waals surface area contributed by atoms with Crippen LogP contribution < -0.4 is 5.32 Å². The van der Waals surface area contributed by atoms with E-state index < -0.39 is 6.29 Å². The molecule has 0 aliphatic carbocycles. The third-order valence-corrected chi connectivity index (χ3v) is 7.96. The zero-order valence-electron chi connectivity index (χ0n) is 24.9. The lowest BCUT2D eigenvalue weighted by Crippen LogP contribution is -2.43. The molecule has 5 rings (SSSR count). The predicted molar refractivity (Wildman–Crippen MR) is 170 cm³/mol. The minimum absolute atomic E-state index is 0.00938. The van der Waals surface area contributed by atoms with E-state index in [0.29, 0.717) is 12.1 Å². The van der Waals surface area contributed by atoms with Crippen LogP contribution in [0.1, 0.15) is 51.9 Å². The van der Waals surface area contributed by atoms with E-state index in [1.807, 2.05) is 84.9 Å². The molecule has 4 aromatic carbocycles. The highest BCUT2D eigenvalue weighted by Gasteiger charge is 2.38. The fourth-order valence-corrected chi connectivity index (χ4v) is 5.53. The molecule has 0 bridgehead atoms. The van der Waals surface area contributed by atoms with Gasteiger partial charge in [0.1, 0.15) is 0 Å². The molecule has 0 unspecified atom stereocenters. The van der Waals surface area contributed by atoms with Crippen LogP contribution >= 0.6 is 0 Å². The Balaban J connectivity index is 1.36. The number of aliphatic hydroxyl groups excluding tert-OH is 1. The number of hydrogen-bond acceptors (Lipinski definition) is 5. The Bertz CT molecular complexity index is 1500. The summed E-state index contributed by atoms with van der Waals surface area (Å²) in [5.74, 6) is 0.0112. The highest BCUT2D eigenvalue weighted by molar-refractivity contribution is 5.94. The molecule has 6 nitrogen and oxygen atoms in total. The van der Waals surface area contributed by atoms with Crippen LogP contribution in [0.15, 0.2) is 116 Å². The summed E-state index contributed by atoms with van der Waals surface area (Å²) in [5, 5.41) is 12.5. The summed E-state index contributed by atoms with van der Waals surface area (Å²) >= 11 is 0. The van der Waals surface area contributed by atoms with E-state index in [1.165, 1.54) is 0 Å². The molecular weight excluding hydrogens is 536 g/mol. The molecule has 1 aliphatic heterocycles. The minimum Gasteiger partial charge on any atom is -0.392 e. The Morgan fingerprint density at radius 2 is 1.60 bits per heavy atom. The lowest BCUT2D eigenvalue weighted by molar-refractivity contribution is -0.275. The Hall–Kier alpha value is -4.07. The summed E-state index contributed by atoms with van der Waals surface area (Å²) < 4.78 is 13.3. The van der Waals surface area contributed by atoms with Crippen molar-refractivity contribution in [3.63, 3.8) is 0 Å². The smallest absolute Gasteiger partial charge is 0.251 e. The van der Waals surface area contributed by atoms with Gasteiger partial charge in [0.05, 0.1) is 18.8 Å². The summed E-state index contributed by atoms with van der Waals surface area (Å²) in [6, 6.07) is 33.7. The van der Waals surface area contributed by atoms with E-state index in [-0.39, 0.29) is 30.6 Å². The number of ether oxygens (including phenoxy) is 2. The molecule has 0 radical (unpaired) electrons. The lowest BCUT2D eigenvalue weighted by atomic mass is 9.90. The Labute approximate surface area is 254 Å². The van der Waals surface area contributed by atoms with Crippen LogP contribution in [0.25, 0.3) is 11.1 Å². The van der Waals surface area contributed by atoms with Crippen molar-refractivity contribution in [3.8, 4) is 11.1 Å². The number of hydrogen-bond donors (Lipinski definition) is 2. The molecular formula is C37H40N2O4. The molecule has 1 fully saturated rings. The number of nitrogens with zero attached hydrogens (tertiary/aromatic N) is 1. The molecule has 0 saturated carbocycles. The summed E-state index contributed by atoms with van der Waals surface area (Å²) in [5.41, 5.74) is 6.64. The van der Waals surface area contributed by atoms with E-state index in [2.05, 4.69) is 55.0 Å². The average molecular weight is 577 g/mol. The van der Waals surface area contributed by atoms with Crippen LogP contribution in [-0.2, 0) is 22.6 Å². The van der Waals surface area contributed by atoms with E-state index in [4.69, 9.17) is 9.47 Å². The highest BCUT2D eigenvalue weighted by Crippen LogP contribution is 2.42. The van der Waals surface area contributed by atoms with Gasteiger partial charge in [-0.3, -0.25) is 4.79 Å². The molecule has 1 heterocycles. The Kier molecular flexibility index (Phi) is 10.2. The quantitative estimate of drug-likeness (QED) is 0.195. The van der Waals surface area contributed by atoms with Gasteiger partial charge in [0.2, 0.25) is 0 Å². The third kappa shape index (κ3) is 7.66. The van der Waals surface area contributed by atoms with Crippen molar-refractivity contribution in [1.29, 1.82) is 0 Å². The standard InChI is InChI=1S/C37H40N2O4/c1-4-20-39(3)24-34-26(2)35(29-18-16-27(25-40)17-19-29)43-37(42-34)33-15-9-14-32(22-33)31-13-8-10-28(21-31)23-38-36(41)30-11-6-5-7-12-30/h4-19,21-22,26,34-35,37,40H,1,20,23-25H2,2-3H3,(H,38,41)/t26-,34+,35+,37+/m1/s1. The van der Waals surface area contributed by atoms with Gasteiger partial charge in [-0.1, -0.05) is 91.9 Å². The van der Waals surface area contributed by atoms with Gasteiger partial charge in [-0.25, -0.2) is 0 Å². The van der Waals surface area contributed by atoms with E-state index in [1.54, 1.807) is 0 Å². The number of nitrogens with one attached hydrogen (secondary N) is 1. The van der Waals surface area contributed by atoms with E-state index in [0.717, 1.165) is 46.5 Å². The van der Waals surface area contributed by atoms with Crippen molar-refractivity contribution in [1.82, 2.24) is 10.2 Å². The number of likely N-dealkylation sites (N-methyl/N-ethyl adjacent to an activating group) is 1. The molecule has 1 aliphatic rings. The van der Waals surface area contributed by atoms with Crippen molar-refractivity contribution in [3.05, 3.63) is 144 Å². The van der Waals surface area contributed by atoms with Crippen molar-refractivity contribution >= 4 is 5.91 Å². The van der Waals surface area contributed by atoms with Gasteiger partial charge < -0.3 is 24.8 Å². The Morgan fingerprint density at radius 1 is 0.884 bits per heavy atom. The first-order valence-corrected chi connectivity index (χ1v) is 14.8. The number of carbonyl (C=O) groups excluding carboxylic acids is 1. The minimum atomic E-state index is -0.547. The number of rotatable bonds is 11. The molecule has 4 atom stereocenters. The van der Waals surface area contributed by atoms with Crippen LogP contribution in [0, 0.1) is 5.92 Å². The summed E-state index contributed by atoms with van der Waals surface area (Å²) in [7, 11) is 2.07.